The first-order chi connectivity index (χ1) is 15.8. The summed E-state index contributed by atoms with van der Waals surface area (Å²) in [7, 11) is 0. The molecule has 10 heteroatoms. The van der Waals surface area contributed by atoms with Gasteiger partial charge >= 0.3 is 6.18 Å². The maximum Gasteiger partial charge on any atom is 0.417 e. The minimum atomic E-state index is -4.62. The van der Waals surface area contributed by atoms with Crippen LogP contribution in [0.4, 0.5) is 24.8 Å². The van der Waals surface area contributed by atoms with Gasteiger partial charge in [0.2, 0.25) is 5.95 Å². The van der Waals surface area contributed by atoms with Crippen molar-refractivity contribution in [1.82, 2.24) is 20.3 Å². The van der Waals surface area contributed by atoms with Gasteiger partial charge < -0.3 is 10.6 Å². The third-order valence-electron chi connectivity index (χ3n) is 4.60. The standard InChI is InChI=1S/C14H15N3.C9H6F3N3O/c1-10-9-13(11-7-8-11)17-14(15-10)16-12-5-3-2-4-6-12;10-9(11,12)7-1-3-14-5-6(7)8(16)15-4-2-13/h2-6,9,11H,7-8H2,1H3,(H,15,16,17);1,3,5H,4H2,(H,15,16). The van der Waals surface area contributed by atoms with Gasteiger partial charge in [-0.05, 0) is 44.0 Å². The molecule has 0 aliphatic heterocycles. The Hall–Kier alpha value is -4.00. The molecule has 2 aromatic heterocycles. The van der Waals surface area contributed by atoms with E-state index in [1.807, 2.05) is 42.6 Å². The Morgan fingerprint density at radius 1 is 1.18 bits per heavy atom. The molecule has 0 bridgehead atoms. The van der Waals surface area contributed by atoms with E-state index in [9.17, 15) is 18.0 Å². The number of amides is 1. The number of hydrogen-bond donors (Lipinski definition) is 2. The minimum Gasteiger partial charge on any atom is -0.339 e. The summed E-state index contributed by atoms with van der Waals surface area (Å²) in [6, 6.07) is 14.4. The molecule has 1 aromatic carbocycles. The van der Waals surface area contributed by atoms with Crippen molar-refractivity contribution in [3.05, 3.63) is 77.4 Å². The highest BCUT2D eigenvalue weighted by Crippen LogP contribution is 2.39. The lowest BCUT2D eigenvalue weighted by atomic mass is 10.1. The Balaban J connectivity index is 0.000000186. The second-order valence-corrected chi connectivity index (χ2v) is 7.28. The van der Waals surface area contributed by atoms with Crippen LogP contribution in [0.5, 0.6) is 0 Å². The predicted molar refractivity (Wildman–Crippen MR) is 116 cm³/mol. The van der Waals surface area contributed by atoms with E-state index in [1.54, 1.807) is 6.07 Å². The van der Waals surface area contributed by atoms with E-state index >= 15 is 0 Å². The summed E-state index contributed by atoms with van der Waals surface area (Å²) in [5, 5.41) is 13.5. The lowest BCUT2D eigenvalue weighted by Crippen LogP contribution is -2.26. The maximum atomic E-state index is 12.5. The van der Waals surface area contributed by atoms with Crippen LogP contribution in [0.3, 0.4) is 0 Å². The van der Waals surface area contributed by atoms with Crippen molar-refractivity contribution in [2.45, 2.75) is 31.9 Å². The highest BCUT2D eigenvalue weighted by molar-refractivity contribution is 5.95. The summed E-state index contributed by atoms with van der Waals surface area (Å²) in [4.78, 5) is 23.7. The van der Waals surface area contributed by atoms with Crippen molar-refractivity contribution in [2.75, 3.05) is 11.9 Å². The highest BCUT2D eigenvalue weighted by Gasteiger charge is 2.35. The summed E-state index contributed by atoms with van der Waals surface area (Å²) in [6.07, 6.45) is -0.329. The molecule has 33 heavy (non-hydrogen) atoms. The van der Waals surface area contributed by atoms with Crippen LogP contribution in [-0.4, -0.2) is 27.4 Å². The van der Waals surface area contributed by atoms with Crippen LogP contribution in [0.1, 0.15) is 46.1 Å². The number of halogens is 3. The number of nitrogens with one attached hydrogen (secondary N) is 2. The molecular weight excluding hydrogens is 433 g/mol. The zero-order valence-corrected chi connectivity index (χ0v) is 17.7. The number of rotatable bonds is 5. The van der Waals surface area contributed by atoms with Gasteiger partial charge in [-0.2, -0.15) is 18.4 Å². The monoisotopic (exact) mass is 454 g/mol. The fourth-order valence-corrected chi connectivity index (χ4v) is 2.93. The zero-order valence-electron chi connectivity index (χ0n) is 17.7. The van der Waals surface area contributed by atoms with Crippen LogP contribution in [0.2, 0.25) is 0 Å². The van der Waals surface area contributed by atoms with E-state index in [2.05, 4.69) is 26.3 Å². The Morgan fingerprint density at radius 2 is 1.91 bits per heavy atom. The van der Waals surface area contributed by atoms with Crippen molar-refractivity contribution in [3.8, 4) is 6.07 Å². The van der Waals surface area contributed by atoms with Gasteiger partial charge in [0.25, 0.3) is 5.91 Å². The SMILES string of the molecule is Cc1cc(C2CC2)nc(Nc2ccccc2)n1.N#CCNC(=O)c1cnccc1C(F)(F)F. The molecule has 1 aliphatic carbocycles. The number of carbonyl (C=O) groups excluding carboxylic acids is 1. The molecule has 1 amide bonds. The number of carbonyl (C=O) groups is 1. The van der Waals surface area contributed by atoms with Crippen LogP contribution in [0, 0.1) is 18.3 Å². The first kappa shape index (κ1) is 23.7. The molecule has 2 heterocycles. The molecule has 4 rings (SSSR count). The lowest BCUT2D eigenvalue weighted by molar-refractivity contribution is -0.138. The number of aromatic nitrogens is 3. The van der Waals surface area contributed by atoms with Crippen molar-refractivity contribution in [3.63, 3.8) is 0 Å². The number of aryl methyl sites for hydroxylation is 1. The van der Waals surface area contributed by atoms with Crippen LogP contribution in [0.25, 0.3) is 0 Å². The van der Waals surface area contributed by atoms with Crippen molar-refractivity contribution >= 4 is 17.5 Å². The Kier molecular flexibility index (Phi) is 7.56. The second-order valence-electron chi connectivity index (χ2n) is 7.28. The number of benzene rings is 1. The fourth-order valence-electron chi connectivity index (χ4n) is 2.93. The van der Waals surface area contributed by atoms with Gasteiger partial charge in [-0.15, -0.1) is 0 Å². The number of anilines is 2. The first-order valence-corrected chi connectivity index (χ1v) is 10.1. The van der Waals surface area contributed by atoms with Gasteiger partial charge in [-0.1, -0.05) is 18.2 Å². The molecule has 0 spiro atoms. The van der Waals surface area contributed by atoms with Gasteiger partial charge in [0.05, 0.1) is 17.2 Å². The number of alkyl halides is 3. The largest absolute Gasteiger partial charge is 0.417 e. The smallest absolute Gasteiger partial charge is 0.339 e. The molecule has 170 valence electrons. The normalized spacial score (nSPS) is 12.7. The fraction of sp³-hybridized carbons (Fsp3) is 0.261. The number of para-hydroxylation sites is 1. The number of nitrogens with zero attached hydrogens (tertiary/aromatic N) is 4. The van der Waals surface area contributed by atoms with Crippen molar-refractivity contribution in [2.24, 2.45) is 0 Å². The van der Waals surface area contributed by atoms with Crippen LogP contribution in [0.15, 0.2) is 54.9 Å². The Morgan fingerprint density at radius 3 is 2.55 bits per heavy atom. The van der Waals surface area contributed by atoms with E-state index in [1.165, 1.54) is 18.5 Å². The quantitative estimate of drug-likeness (QED) is 0.539. The predicted octanol–water partition coefficient (Wildman–Crippen LogP) is 4.76. The highest BCUT2D eigenvalue weighted by atomic mass is 19.4. The average Bonchev–Trinajstić information content (AvgIpc) is 3.63. The third kappa shape index (κ3) is 7.00. The molecule has 0 saturated heterocycles. The lowest BCUT2D eigenvalue weighted by Gasteiger charge is -2.10. The number of nitriles is 1. The number of pyridine rings is 1. The molecule has 7 nitrogen and oxygen atoms in total. The molecule has 0 unspecified atom stereocenters. The first-order valence-electron chi connectivity index (χ1n) is 10.1. The van der Waals surface area contributed by atoms with Crippen molar-refractivity contribution < 1.29 is 18.0 Å². The van der Waals surface area contributed by atoms with Gasteiger partial charge in [0, 0.05) is 35.4 Å². The third-order valence-corrected chi connectivity index (χ3v) is 4.60. The summed E-state index contributed by atoms with van der Waals surface area (Å²) in [5.74, 6) is 0.396. The molecule has 1 fully saturated rings. The van der Waals surface area contributed by atoms with Gasteiger partial charge in [-0.3, -0.25) is 9.78 Å². The van der Waals surface area contributed by atoms with E-state index in [4.69, 9.17) is 5.26 Å². The Bertz CT molecular complexity index is 1140. The van der Waals surface area contributed by atoms with E-state index in [-0.39, 0.29) is 6.54 Å². The minimum absolute atomic E-state index is 0.356. The molecule has 0 radical (unpaired) electrons. The maximum absolute atomic E-state index is 12.5. The van der Waals surface area contributed by atoms with Crippen molar-refractivity contribution in [1.29, 1.82) is 5.26 Å². The molecule has 2 N–H and O–H groups in total. The summed E-state index contributed by atoms with van der Waals surface area (Å²) < 4.78 is 37.4. The van der Waals surface area contributed by atoms with Crippen LogP contribution < -0.4 is 10.6 Å². The van der Waals surface area contributed by atoms with E-state index in [0.29, 0.717) is 17.9 Å². The van der Waals surface area contributed by atoms with Crippen LogP contribution in [-0.2, 0) is 6.18 Å². The van der Waals surface area contributed by atoms with E-state index < -0.39 is 23.2 Å². The molecule has 0 atom stereocenters. The molecular formula is C23H21F3N6O. The molecule has 3 aromatic rings. The average molecular weight is 454 g/mol. The summed E-state index contributed by atoms with van der Waals surface area (Å²) >= 11 is 0. The Labute approximate surface area is 188 Å². The number of hydrogen-bond acceptors (Lipinski definition) is 6. The molecule has 1 saturated carbocycles. The van der Waals surface area contributed by atoms with E-state index in [0.717, 1.165) is 23.8 Å². The van der Waals surface area contributed by atoms with Crippen LogP contribution >= 0.6 is 0 Å². The summed E-state index contributed by atoms with van der Waals surface area (Å²) in [6.45, 7) is 1.66. The topological polar surface area (TPSA) is 104 Å². The van der Waals surface area contributed by atoms with Gasteiger partial charge in [-0.25, -0.2) is 9.97 Å². The van der Waals surface area contributed by atoms with Gasteiger partial charge in [0.1, 0.15) is 6.54 Å². The summed E-state index contributed by atoms with van der Waals surface area (Å²) in [5.41, 5.74) is 1.57. The zero-order chi connectivity index (χ0) is 23.8. The van der Waals surface area contributed by atoms with Gasteiger partial charge in [0.15, 0.2) is 0 Å². The second kappa shape index (κ2) is 10.5. The molecule has 1 aliphatic rings.